The Balaban J connectivity index is 1.71. The zero-order valence-corrected chi connectivity index (χ0v) is 21.3. The van der Waals surface area contributed by atoms with Crippen LogP contribution in [-0.2, 0) is 17.9 Å². The van der Waals surface area contributed by atoms with E-state index in [1.165, 1.54) is 0 Å². The molecule has 200 valence electrons. The van der Waals surface area contributed by atoms with Gasteiger partial charge in [0.1, 0.15) is 6.04 Å². The van der Waals surface area contributed by atoms with Crippen molar-refractivity contribution in [3.63, 3.8) is 0 Å². The second-order valence-electron chi connectivity index (χ2n) is 9.56. The molecule has 0 saturated carbocycles. The fourth-order valence-corrected chi connectivity index (χ4v) is 3.67. The maximum Gasteiger partial charge on any atom is 0.308 e. The number of aryl methyl sites for hydroxylation is 1. The van der Waals surface area contributed by atoms with E-state index in [1.807, 2.05) is 45.0 Å². The highest BCUT2D eigenvalue weighted by Gasteiger charge is 2.34. The highest BCUT2D eigenvalue weighted by Crippen LogP contribution is 2.23. The largest absolute Gasteiger partial charge is 0.415 e. The van der Waals surface area contributed by atoms with Crippen LogP contribution in [0.5, 0.6) is 0 Å². The molecule has 1 aromatic carbocycles. The first-order valence-corrected chi connectivity index (χ1v) is 12.1. The Morgan fingerprint density at radius 3 is 2.57 bits per heavy atom. The number of unbranched alkanes of at least 4 members (excludes halogenated alkanes) is 1. The molecular formula is C24H34N8O5. The number of nitrogens with two attached hydrogens (primary N) is 1. The molecule has 0 fully saturated rings. The third-order valence-corrected chi connectivity index (χ3v) is 5.57. The number of benzene rings is 1. The van der Waals surface area contributed by atoms with Crippen LogP contribution < -0.4 is 21.7 Å². The number of para-hydroxylation sites is 1. The van der Waals surface area contributed by atoms with Crippen molar-refractivity contribution >= 4 is 28.6 Å². The van der Waals surface area contributed by atoms with Crippen molar-refractivity contribution in [2.45, 2.75) is 52.7 Å². The van der Waals surface area contributed by atoms with Gasteiger partial charge in [0, 0.05) is 18.5 Å². The lowest BCUT2D eigenvalue weighted by atomic mass is 9.86. The number of nitrogens with zero attached hydrogens (tertiary/aromatic N) is 4. The maximum atomic E-state index is 13.3. The van der Waals surface area contributed by atoms with Crippen LogP contribution in [0, 0.1) is 5.41 Å². The number of aromatic nitrogens is 4. The van der Waals surface area contributed by atoms with Crippen LogP contribution in [0.2, 0.25) is 0 Å². The Labute approximate surface area is 214 Å². The quantitative estimate of drug-likeness (QED) is 0.212. The van der Waals surface area contributed by atoms with Crippen LogP contribution >= 0.6 is 0 Å². The summed E-state index contributed by atoms with van der Waals surface area (Å²) in [5.41, 5.74) is 6.04. The zero-order valence-electron chi connectivity index (χ0n) is 21.3. The first-order chi connectivity index (χ1) is 17.7. The molecule has 0 spiro atoms. The molecule has 0 aliphatic carbocycles. The molecule has 0 saturated heterocycles. The lowest BCUT2D eigenvalue weighted by Gasteiger charge is -2.30. The van der Waals surface area contributed by atoms with E-state index in [9.17, 15) is 14.4 Å². The molecule has 6 N–H and O–H groups in total. The Hall–Kier alpha value is -3.84. The molecule has 37 heavy (non-hydrogen) atoms. The number of aliphatic hydroxyl groups is 1. The normalized spacial score (nSPS) is 12.4. The average Bonchev–Trinajstić information content (AvgIpc) is 3.49. The first-order valence-electron chi connectivity index (χ1n) is 12.1. The monoisotopic (exact) mass is 514 g/mol. The van der Waals surface area contributed by atoms with Crippen molar-refractivity contribution in [3.05, 3.63) is 41.7 Å². The Morgan fingerprint density at radius 2 is 1.86 bits per heavy atom. The van der Waals surface area contributed by atoms with Gasteiger partial charge in [-0.2, -0.15) is 5.10 Å². The molecule has 0 radical (unpaired) electrons. The van der Waals surface area contributed by atoms with E-state index in [-0.39, 0.29) is 37.2 Å². The van der Waals surface area contributed by atoms with Gasteiger partial charge in [-0.1, -0.05) is 39.0 Å². The molecule has 2 heterocycles. The summed E-state index contributed by atoms with van der Waals surface area (Å²) in [5, 5.41) is 29.3. The average molecular weight is 515 g/mol. The van der Waals surface area contributed by atoms with Crippen molar-refractivity contribution in [1.29, 1.82) is 0 Å². The van der Waals surface area contributed by atoms with E-state index >= 15 is 0 Å². The highest BCUT2D eigenvalue weighted by atomic mass is 16.4. The summed E-state index contributed by atoms with van der Waals surface area (Å²) in [6.07, 6.45) is 1.67. The van der Waals surface area contributed by atoms with E-state index in [0.29, 0.717) is 18.5 Å². The number of fused-ring (bicyclic) bond motifs is 1. The van der Waals surface area contributed by atoms with Gasteiger partial charge in [-0.05, 0) is 30.9 Å². The molecule has 13 nitrogen and oxygen atoms in total. The van der Waals surface area contributed by atoms with Gasteiger partial charge in [0.25, 0.3) is 5.91 Å². The van der Waals surface area contributed by atoms with Crippen LogP contribution in [-0.4, -0.2) is 68.5 Å². The number of hydrogen-bond acceptors (Lipinski definition) is 9. The molecule has 0 aliphatic rings. The van der Waals surface area contributed by atoms with Crippen LogP contribution in [0.15, 0.2) is 28.7 Å². The Morgan fingerprint density at radius 1 is 1.11 bits per heavy atom. The number of hydrogen-bond donors (Lipinski definition) is 5. The van der Waals surface area contributed by atoms with E-state index in [1.54, 1.807) is 4.68 Å². The summed E-state index contributed by atoms with van der Waals surface area (Å²) in [7, 11) is 0. The molecule has 2 aromatic heterocycles. The maximum absolute atomic E-state index is 13.3. The van der Waals surface area contributed by atoms with Gasteiger partial charge in [0.05, 0.1) is 18.7 Å². The zero-order chi connectivity index (χ0) is 27.0. The van der Waals surface area contributed by atoms with E-state index in [4.69, 9.17) is 15.3 Å². The van der Waals surface area contributed by atoms with Gasteiger partial charge in [-0.15, -0.1) is 10.2 Å². The summed E-state index contributed by atoms with van der Waals surface area (Å²) < 4.78 is 7.05. The molecule has 13 heteroatoms. The van der Waals surface area contributed by atoms with Crippen molar-refractivity contribution in [2.75, 3.05) is 19.7 Å². The third kappa shape index (κ3) is 7.11. The minimum Gasteiger partial charge on any atom is -0.415 e. The summed E-state index contributed by atoms with van der Waals surface area (Å²) in [4.78, 5) is 38.3. The van der Waals surface area contributed by atoms with E-state index < -0.39 is 29.2 Å². The molecule has 1 unspecified atom stereocenters. The van der Waals surface area contributed by atoms with Crippen LogP contribution in [0.3, 0.4) is 0 Å². The summed E-state index contributed by atoms with van der Waals surface area (Å²) in [6.45, 7) is 6.37. The predicted octanol–water partition coefficient (Wildman–Crippen LogP) is 0.341. The summed E-state index contributed by atoms with van der Waals surface area (Å²) in [5.74, 6) is -1.83. The molecule has 3 aromatic rings. The molecule has 3 rings (SSSR count). The molecule has 0 bridgehead atoms. The molecule has 0 aliphatic heterocycles. The number of aliphatic hydroxyl groups excluding tert-OH is 1. The molecule has 3 amide bonds. The van der Waals surface area contributed by atoms with Crippen LogP contribution in [0.25, 0.3) is 10.9 Å². The molecular weight excluding hydrogens is 480 g/mol. The van der Waals surface area contributed by atoms with Crippen molar-refractivity contribution in [2.24, 2.45) is 11.1 Å². The van der Waals surface area contributed by atoms with Gasteiger partial charge in [0.2, 0.25) is 11.8 Å². The molecule has 1 atom stereocenters. The summed E-state index contributed by atoms with van der Waals surface area (Å²) >= 11 is 0. The Bertz CT molecular complexity index is 1230. The predicted molar refractivity (Wildman–Crippen MR) is 134 cm³/mol. The number of amides is 3. The van der Waals surface area contributed by atoms with Gasteiger partial charge in [-0.3, -0.25) is 19.1 Å². The van der Waals surface area contributed by atoms with Gasteiger partial charge in [-0.25, -0.2) is 0 Å². The van der Waals surface area contributed by atoms with Crippen LogP contribution in [0.1, 0.15) is 60.7 Å². The van der Waals surface area contributed by atoms with Crippen LogP contribution in [0.4, 0.5) is 0 Å². The minimum atomic E-state index is -0.906. The number of carbonyl (C=O) groups is 3. The number of rotatable bonds is 12. The van der Waals surface area contributed by atoms with E-state index in [0.717, 1.165) is 18.4 Å². The fourth-order valence-electron chi connectivity index (χ4n) is 3.67. The fraction of sp³-hybridized carbons (Fsp3) is 0.500. The first kappa shape index (κ1) is 27.7. The van der Waals surface area contributed by atoms with Crippen molar-refractivity contribution < 1.29 is 23.9 Å². The SMILES string of the molecule is CC(C)(C)C(NC(=O)c1nn(CCCCN)c2ccccc12)C(=O)NCc1nnc(C(=O)NCCO)o1. The third-order valence-electron chi connectivity index (χ3n) is 5.57. The Kier molecular flexibility index (Phi) is 9.31. The van der Waals surface area contributed by atoms with Gasteiger partial charge < -0.3 is 31.2 Å². The lowest BCUT2D eigenvalue weighted by molar-refractivity contribution is -0.125. The number of nitrogens with one attached hydrogen (secondary N) is 3. The van der Waals surface area contributed by atoms with Crippen molar-refractivity contribution in [1.82, 2.24) is 35.9 Å². The second kappa shape index (κ2) is 12.4. The second-order valence-corrected chi connectivity index (χ2v) is 9.56. The standard InChI is InChI=1S/C24H34N8O5/c1-24(2,3)19(21(35)27-14-17-29-30-23(37-17)22(36)26-11-13-33)28-20(34)18-15-8-4-5-9-16(15)32(31-18)12-7-6-10-25/h4-5,8-9,19,33H,6-7,10-14,25H2,1-3H3,(H,26,36)(H,27,35)(H,28,34). The van der Waals surface area contributed by atoms with Crippen molar-refractivity contribution in [3.8, 4) is 0 Å². The number of carbonyl (C=O) groups excluding carboxylic acids is 3. The minimum absolute atomic E-state index is 0.0173. The topological polar surface area (TPSA) is 190 Å². The van der Waals surface area contributed by atoms with Gasteiger partial charge >= 0.3 is 11.8 Å². The van der Waals surface area contributed by atoms with Gasteiger partial charge in [0.15, 0.2) is 5.69 Å². The highest BCUT2D eigenvalue weighted by molar-refractivity contribution is 6.06. The lowest BCUT2D eigenvalue weighted by Crippen LogP contribution is -2.53. The summed E-state index contributed by atoms with van der Waals surface area (Å²) in [6, 6.07) is 6.54. The van der Waals surface area contributed by atoms with E-state index in [2.05, 4.69) is 31.2 Å². The smallest absolute Gasteiger partial charge is 0.308 e.